The molecule has 4 heteroatoms. The molecule has 1 amide bonds. The van der Waals surface area contributed by atoms with Crippen molar-refractivity contribution < 1.29 is 9.90 Å². The Morgan fingerprint density at radius 1 is 1.53 bits per heavy atom. The average molecular weight is 256 g/mol. The van der Waals surface area contributed by atoms with Gasteiger partial charge in [-0.25, -0.2) is 0 Å². The summed E-state index contributed by atoms with van der Waals surface area (Å²) in [4.78, 5) is 11.9. The van der Waals surface area contributed by atoms with E-state index in [-0.39, 0.29) is 17.7 Å². The Balaban J connectivity index is 2.72. The monoisotopic (exact) mass is 255 g/mol. The molecule has 2 N–H and O–H groups in total. The van der Waals surface area contributed by atoms with Gasteiger partial charge in [0.05, 0.1) is 0 Å². The van der Waals surface area contributed by atoms with Crippen LogP contribution in [0.4, 0.5) is 0 Å². The van der Waals surface area contributed by atoms with Crippen LogP contribution in [0.3, 0.4) is 0 Å². The number of hydrogen-bond donors (Lipinski definition) is 2. The normalized spacial score (nSPS) is 12.2. The molecule has 0 saturated carbocycles. The van der Waals surface area contributed by atoms with Crippen LogP contribution in [0.25, 0.3) is 0 Å². The van der Waals surface area contributed by atoms with E-state index in [2.05, 4.69) is 5.32 Å². The van der Waals surface area contributed by atoms with Crippen molar-refractivity contribution in [2.75, 3.05) is 5.88 Å². The zero-order chi connectivity index (χ0) is 12.8. The summed E-state index contributed by atoms with van der Waals surface area (Å²) in [5.41, 5.74) is 1.26. The maximum Gasteiger partial charge on any atom is 0.251 e. The van der Waals surface area contributed by atoms with Crippen LogP contribution in [0.1, 0.15) is 35.7 Å². The summed E-state index contributed by atoms with van der Waals surface area (Å²) in [6, 6.07) is 4.93. The lowest BCUT2D eigenvalue weighted by Gasteiger charge is -2.15. The van der Waals surface area contributed by atoms with Gasteiger partial charge in [-0.15, -0.1) is 11.6 Å². The van der Waals surface area contributed by atoms with Crippen LogP contribution in [0.5, 0.6) is 5.75 Å². The highest BCUT2D eigenvalue weighted by molar-refractivity contribution is 6.17. The van der Waals surface area contributed by atoms with Gasteiger partial charge in [0, 0.05) is 17.5 Å². The van der Waals surface area contributed by atoms with E-state index in [4.69, 9.17) is 11.6 Å². The standard InChI is InChI=1S/C13H18ClNO2/c1-3-11(6-7-14)15-13(17)10-4-5-12(16)9(2)8-10/h4-5,8,11,16H,3,6-7H2,1-2H3,(H,15,17). The molecule has 0 heterocycles. The van der Waals surface area contributed by atoms with Gasteiger partial charge in [0.1, 0.15) is 5.75 Å². The van der Waals surface area contributed by atoms with Gasteiger partial charge in [0.25, 0.3) is 5.91 Å². The third-order valence-corrected chi connectivity index (χ3v) is 2.96. The minimum atomic E-state index is -0.120. The predicted molar refractivity (Wildman–Crippen MR) is 69.7 cm³/mol. The molecule has 0 saturated heterocycles. The van der Waals surface area contributed by atoms with Crippen molar-refractivity contribution in [3.05, 3.63) is 29.3 Å². The number of phenolic OH excluding ortho intramolecular Hbond substituents is 1. The third kappa shape index (κ3) is 3.93. The molecule has 0 spiro atoms. The Labute approximate surface area is 107 Å². The summed E-state index contributed by atoms with van der Waals surface area (Å²) in [6.45, 7) is 3.78. The summed E-state index contributed by atoms with van der Waals surface area (Å²) >= 11 is 5.67. The van der Waals surface area contributed by atoms with Crippen LogP contribution in [0.2, 0.25) is 0 Å². The van der Waals surface area contributed by atoms with E-state index in [1.54, 1.807) is 19.1 Å². The quantitative estimate of drug-likeness (QED) is 0.795. The van der Waals surface area contributed by atoms with Crippen LogP contribution in [0.15, 0.2) is 18.2 Å². The number of benzene rings is 1. The summed E-state index contributed by atoms with van der Waals surface area (Å²) in [6.07, 6.45) is 1.62. The van der Waals surface area contributed by atoms with E-state index < -0.39 is 0 Å². The molecule has 0 radical (unpaired) electrons. The summed E-state index contributed by atoms with van der Waals surface area (Å²) in [5, 5.41) is 12.3. The number of phenols is 1. The third-order valence-electron chi connectivity index (χ3n) is 2.74. The van der Waals surface area contributed by atoms with Gasteiger partial charge in [0.15, 0.2) is 0 Å². The lowest BCUT2D eigenvalue weighted by Crippen LogP contribution is -2.34. The van der Waals surface area contributed by atoms with Gasteiger partial charge < -0.3 is 10.4 Å². The van der Waals surface area contributed by atoms with Crippen LogP contribution >= 0.6 is 11.6 Å². The molecule has 0 aliphatic carbocycles. The number of aromatic hydroxyl groups is 1. The molecule has 17 heavy (non-hydrogen) atoms. The maximum absolute atomic E-state index is 11.9. The number of rotatable bonds is 5. The summed E-state index contributed by atoms with van der Waals surface area (Å²) in [7, 11) is 0. The molecule has 0 aliphatic rings. The number of nitrogens with one attached hydrogen (secondary N) is 1. The minimum absolute atomic E-state index is 0.106. The van der Waals surface area contributed by atoms with Gasteiger partial charge in [-0.05, 0) is 43.5 Å². The molecular formula is C13H18ClNO2. The Hall–Kier alpha value is -1.22. The fourth-order valence-electron chi connectivity index (χ4n) is 1.58. The number of hydrogen-bond acceptors (Lipinski definition) is 2. The fraction of sp³-hybridized carbons (Fsp3) is 0.462. The van der Waals surface area contributed by atoms with Crippen molar-refractivity contribution in [3.8, 4) is 5.75 Å². The number of carbonyl (C=O) groups excluding carboxylic acids is 1. The molecule has 1 atom stereocenters. The van der Waals surface area contributed by atoms with Crippen molar-refractivity contribution in [2.24, 2.45) is 0 Å². The Morgan fingerprint density at radius 3 is 2.76 bits per heavy atom. The van der Waals surface area contributed by atoms with Gasteiger partial charge >= 0.3 is 0 Å². The highest BCUT2D eigenvalue weighted by Gasteiger charge is 2.12. The second kappa shape index (κ2) is 6.50. The van der Waals surface area contributed by atoms with E-state index in [1.807, 2.05) is 6.92 Å². The molecule has 0 bridgehead atoms. The molecule has 0 fully saturated rings. The first-order valence-electron chi connectivity index (χ1n) is 5.75. The van der Waals surface area contributed by atoms with Crippen molar-refractivity contribution in [3.63, 3.8) is 0 Å². The number of alkyl halides is 1. The smallest absolute Gasteiger partial charge is 0.251 e. The van der Waals surface area contributed by atoms with Gasteiger partial charge in [-0.3, -0.25) is 4.79 Å². The van der Waals surface area contributed by atoms with E-state index in [1.165, 1.54) is 6.07 Å². The Kier molecular flexibility index (Phi) is 5.29. The lowest BCUT2D eigenvalue weighted by atomic mass is 10.1. The molecule has 1 aromatic carbocycles. The first-order chi connectivity index (χ1) is 8.08. The van der Waals surface area contributed by atoms with E-state index in [0.29, 0.717) is 17.0 Å². The van der Waals surface area contributed by atoms with E-state index >= 15 is 0 Å². The van der Waals surface area contributed by atoms with E-state index in [9.17, 15) is 9.90 Å². The van der Waals surface area contributed by atoms with Crippen LogP contribution in [0, 0.1) is 6.92 Å². The summed E-state index contributed by atoms with van der Waals surface area (Å²) < 4.78 is 0. The van der Waals surface area contributed by atoms with Crippen molar-refractivity contribution >= 4 is 17.5 Å². The molecular weight excluding hydrogens is 238 g/mol. The van der Waals surface area contributed by atoms with E-state index in [0.717, 1.165) is 12.8 Å². The topological polar surface area (TPSA) is 49.3 Å². The average Bonchev–Trinajstić information content (AvgIpc) is 2.31. The SMILES string of the molecule is CCC(CCCl)NC(=O)c1ccc(O)c(C)c1. The van der Waals surface area contributed by atoms with Gasteiger partial charge in [0.2, 0.25) is 0 Å². The maximum atomic E-state index is 11.9. The second-order valence-corrected chi connectivity index (χ2v) is 4.44. The highest BCUT2D eigenvalue weighted by Crippen LogP contribution is 2.17. The fourth-order valence-corrected chi connectivity index (χ4v) is 1.84. The van der Waals surface area contributed by atoms with Crippen molar-refractivity contribution in [1.29, 1.82) is 0 Å². The number of carbonyl (C=O) groups is 1. The lowest BCUT2D eigenvalue weighted by molar-refractivity contribution is 0.0935. The van der Waals surface area contributed by atoms with Crippen LogP contribution < -0.4 is 5.32 Å². The molecule has 1 unspecified atom stereocenters. The molecule has 94 valence electrons. The molecule has 0 aliphatic heterocycles. The number of aryl methyl sites for hydroxylation is 1. The number of amides is 1. The second-order valence-electron chi connectivity index (χ2n) is 4.06. The first-order valence-corrected chi connectivity index (χ1v) is 6.28. The van der Waals surface area contributed by atoms with Crippen LogP contribution in [-0.2, 0) is 0 Å². The van der Waals surface area contributed by atoms with Crippen LogP contribution in [-0.4, -0.2) is 22.9 Å². The van der Waals surface area contributed by atoms with Crippen molar-refractivity contribution in [1.82, 2.24) is 5.32 Å². The Bertz CT molecular complexity index is 393. The predicted octanol–water partition coefficient (Wildman–Crippen LogP) is 2.84. The first kappa shape index (κ1) is 13.8. The molecule has 0 aromatic heterocycles. The van der Waals surface area contributed by atoms with Gasteiger partial charge in [-0.1, -0.05) is 6.92 Å². The van der Waals surface area contributed by atoms with Crippen molar-refractivity contribution in [2.45, 2.75) is 32.7 Å². The molecule has 1 aromatic rings. The molecule has 3 nitrogen and oxygen atoms in total. The zero-order valence-corrected chi connectivity index (χ0v) is 10.9. The zero-order valence-electron chi connectivity index (χ0n) is 10.2. The Morgan fingerprint density at radius 2 is 2.24 bits per heavy atom. The largest absolute Gasteiger partial charge is 0.508 e. The number of halogens is 1. The molecule has 1 rings (SSSR count). The minimum Gasteiger partial charge on any atom is -0.508 e. The van der Waals surface area contributed by atoms with Gasteiger partial charge in [-0.2, -0.15) is 0 Å². The summed E-state index contributed by atoms with van der Waals surface area (Å²) in [5.74, 6) is 0.618. The highest BCUT2D eigenvalue weighted by atomic mass is 35.5.